The first kappa shape index (κ1) is 16.3. The van der Waals surface area contributed by atoms with E-state index in [4.69, 9.17) is 4.74 Å². The van der Waals surface area contributed by atoms with Gasteiger partial charge in [0, 0.05) is 24.4 Å². The molecule has 3 unspecified atom stereocenters. The fourth-order valence-corrected chi connectivity index (χ4v) is 3.86. The van der Waals surface area contributed by atoms with Crippen LogP contribution in [0, 0.1) is 13.8 Å². The summed E-state index contributed by atoms with van der Waals surface area (Å²) in [5.74, 6) is 0. The van der Waals surface area contributed by atoms with Crippen molar-refractivity contribution in [1.29, 1.82) is 0 Å². The maximum Gasteiger partial charge on any atom is 0.318 e. The van der Waals surface area contributed by atoms with Crippen LogP contribution in [0.5, 0.6) is 0 Å². The predicted molar refractivity (Wildman–Crippen MR) is 88.3 cm³/mol. The van der Waals surface area contributed by atoms with E-state index in [1.807, 2.05) is 25.7 Å². The van der Waals surface area contributed by atoms with Gasteiger partial charge in [-0.25, -0.2) is 4.79 Å². The molecule has 3 rings (SSSR count). The fraction of sp³-hybridized carbons (Fsp3) is 0.765. The zero-order chi connectivity index (χ0) is 16.4. The molecule has 2 aliphatic rings. The number of hydrogen-bond donors (Lipinski definition) is 2. The Morgan fingerprint density at radius 2 is 2.13 bits per heavy atom. The number of nitrogens with one attached hydrogen (secondary N) is 2. The number of carbonyl (C=O) groups excluding carboxylic acids is 1. The van der Waals surface area contributed by atoms with Gasteiger partial charge in [-0.2, -0.15) is 5.10 Å². The van der Waals surface area contributed by atoms with Crippen LogP contribution in [-0.4, -0.2) is 46.4 Å². The first-order valence-electron chi connectivity index (χ1n) is 8.78. The Kier molecular flexibility index (Phi) is 4.90. The number of rotatable bonds is 2. The number of aryl methyl sites for hydroxylation is 2. The third-order valence-electron chi connectivity index (χ3n) is 5.22. The van der Waals surface area contributed by atoms with E-state index in [2.05, 4.69) is 15.5 Å². The predicted octanol–water partition coefficient (Wildman–Crippen LogP) is 2.83. The van der Waals surface area contributed by atoms with Crippen molar-refractivity contribution in [2.45, 2.75) is 71.1 Å². The van der Waals surface area contributed by atoms with Gasteiger partial charge in [-0.05, 0) is 40.0 Å². The quantitative estimate of drug-likeness (QED) is 0.880. The molecule has 6 heteroatoms. The van der Waals surface area contributed by atoms with Crippen molar-refractivity contribution in [2.75, 3.05) is 13.2 Å². The van der Waals surface area contributed by atoms with E-state index >= 15 is 0 Å². The van der Waals surface area contributed by atoms with E-state index in [0.717, 1.165) is 50.2 Å². The van der Waals surface area contributed by atoms with Crippen LogP contribution < -0.4 is 5.32 Å². The molecule has 2 aliphatic heterocycles. The average Bonchev–Trinajstić information content (AvgIpc) is 2.97. The normalized spacial score (nSPS) is 28.7. The van der Waals surface area contributed by atoms with Crippen molar-refractivity contribution in [1.82, 2.24) is 20.4 Å². The lowest BCUT2D eigenvalue weighted by atomic mass is 9.99. The standard InChI is InChI=1S/C17H28N4O2/c1-11-16(12(2)20-19-11)15-7-5-4-6-9-21(15)17(22)18-14-8-10-23-13(14)3/h13-15H,4-10H2,1-3H3,(H,18,22)(H,19,20). The molecule has 3 atom stereocenters. The smallest absolute Gasteiger partial charge is 0.318 e. The van der Waals surface area contributed by atoms with Gasteiger partial charge in [-0.15, -0.1) is 0 Å². The highest BCUT2D eigenvalue weighted by molar-refractivity contribution is 5.75. The third-order valence-corrected chi connectivity index (χ3v) is 5.22. The van der Waals surface area contributed by atoms with Gasteiger partial charge in [-0.1, -0.05) is 12.8 Å². The maximum absolute atomic E-state index is 12.9. The summed E-state index contributed by atoms with van der Waals surface area (Å²) >= 11 is 0. The topological polar surface area (TPSA) is 70.2 Å². The minimum atomic E-state index is 0.0410. The summed E-state index contributed by atoms with van der Waals surface area (Å²) in [5, 5.41) is 10.6. The monoisotopic (exact) mass is 320 g/mol. The van der Waals surface area contributed by atoms with Gasteiger partial charge >= 0.3 is 6.03 Å². The van der Waals surface area contributed by atoms with Gasteiger partial charge in [0.15, 0.2) is 0 Å². The van der Waals surface area contributed by atoms with E-state index < -0.39 is 0 Å². The Hall–Kier alpha value is -1.56. The summed E-state index contributed by atoms with van der Waals surface area (Å²) in [6.45, 7) is 7.64. The first-order valence-corrected chi connectivity index (χ1v) is 8.78. The van der Waals surface area contributed by atoms with Crippen molar-refractivity contribution in [3.8, 4) is 0 Å². The number of amides is 2. The Balaban J connectivity index is 1.80. The van der Waals surface area contributed by atoms with Gasteiger partial charge in [0.2, 0.25) is 0 Å². The maximum atomic E-state index is 12.9. The van der Waals surface area contributed by atoms with Crippen molar-refractivity contribution in [2.24, 2.45) is 0 Å². The molecule has 23 heavy (non-hydrogen) atoms. The number of hydrogen-bond acceptors (Lipinski definition) is 3. The largest absolute Gasteiger partial charge is 0.376 e. The number of nitrogens with zero attached hydrogens (tertiary/aromatic N) is 2. The number of aromatic nitrogens is 2. The molecular formula is C17H28N4O2. The van der Waals surface area contributed by atoms with Crippen molar-refractivity contribution < 1.29 is 9.53 Å². The summed E-state index contributed by atoms with van der Waals surface area (Å²) in [4.78, 5) is 14.9. The van der Waals surface area contributed by atoms with Crippen LogP contribution in [0.2, 0.25) is 0 Å². The van der Waals surface area contributed by atoms with Crippen LogP contribution in [0.4, 0.5) is 4.79 Å². The first-order chi connectivity index (χ1) is 11.1. The minimum Gasteiger partial charge on any atom is -0.376 e. The van der Waals surface area contributed by atoms with Crippen molar-refractivity contribution in [3.05, 3.63) is 17.0 Å². The van der Waals surface area contributed by atoms with Crippen LogP contribution in [0.25, 0.3) is 0 Å². The van der Waals surface area contributed by atoms with E-state index in [1.165, 1.54) is 12.0 Å². The van der Waals surface area contributed by atoms with Crippen molar-refractivity contribution >= 4 is 6.03 Å². The minimum absolute atomic E-state index is 0.0410. The van der Waals surface area contributed by atoms with Gasteiger partial charge in [0.1, 0.15) is 0 Å². The van der Waals surface area contributed by atoms with Crippen LogP contribution in [0.3, 0.4) is 0 Å². The Bertz CT molecular complexity index is 537. The Labute approximate surface area is 138 Å². The molecule has 1 aromatic heterocycles. The molecule has 0 aliphatic carbocycles. The molecule has 3 heterocycles. The van der Waals surface area contributed by atoms with E-state index in [-0.39, 0.29) is 24.2 Å². The summed E-state index contributed by atoms with van der Waals surface area (Å²) in [5.41, 5.74) is 3.27. The Morgan fingerprint density at radius 1 is 1.30 bits per heavy atom. The molecule has 0 saturated carbocycles. The molecule has 2 N–H and O–H groups in total. The number of H-pyrrole nitrogens is 1. The molecule has 2 amide bonds. The molecule has 0 aromatic carbocycles. The molecule has 2 saturated heterocycles. The lowest BCUT2D eigenvalue weighted by Gasteiger charge is -2.32. The summed E-state index contributed by atoms with van der Waals surface area (Å²) < 4.78 is 5.57. The van der Waals surface area contributed by atoms with Gasteiger partial charge < -0.3 is 15.0 Å². The Morgan fingerprint density at radius 3 is 2.78 bits per heavy atom. The van der Waals surface area contributed by atoms with Crippen LogP contribution >= 0.6 is 0 Å². The fourth-order valence-electron chi connectivity index (χ4n) is 3.86. The number of urea groups is 1. The molecule has 0 bridgehead atoms. The number of ether oxygens (including phenoxy) is 1. The van der Waals surface area contributed by atoms with Gasteiger partial charge in [0.05, 0.1) is 23.9 Å². The molecule has 128 valence electrons. The second-order valence-corrected chi connectivity index (χ2v) is 6.83. The summed E-state index contributed by atoms with van der Waals surface area (Å²) in [7, 11) is 0. The molecule has 2 fully saturated rings. The molecule has 0 radical (unpaired) electrons. The van der Waals surface area contributed by atoms with Gasteiger partial charge in [-0.3, -0.25) is 5.10 Å². The lowest BCUT2D eigenvalue weighted by molar-refractivity contribution is 0.110. The SMILES string of the molecule is Cc1n[nH]c(C)c1C1CCCCCN1C(=O)NC1CCOC1C. The van der Waals surface area contributed by atoms with Crippen LogP contribution in [-0.2, 0) is 4.74 Å². The highest BCUT2D eigenvalue weighted by Gasteiger charge is 2.33. The van der Waals surface area contributed by atoms with E-state index in [1.54, 1.807) is 0 Å². The number of likely N-dealkylation sites (tertiary alicyclic amines) is 1. The zero-order valence-electron chi connectivity index (χ0n) is 14.4. The van der Waals surface area contributed by atoms with E-state index in [0.29, 0.717) is 0 Å². The van der Waals surface area contributed by atoms with Crippen molar-refractivity contribution in [3.63, 3.8) is 0 Å². The average molecular weight is 320 g/mol. The molecular weight excluding hydrogens is 292 g/mol. The molecule has 1 aromatic rings. The van der Waals surface area contributed by atoms with Crippen LogP contribution in [0.1, 0.15) is 62.0 Å². The second kappa shape index (κ2) is 6.91. The third kappa shape index (κ3) is 3.37. The molecule has 6 nitrogen and oxygen atoms in total. The number of aromatic amines is 1. The van der Waals surface area contributed by atoms with E-state index in [9.17, 15) is 4.79 Å². The summed E-state index contributed by atoms with van der Waals surface area (Å²) in [6, 6.07) is 0.283. The van der Waals surface area contributed by atoms with Gasteiger partial charge in [0.25, 0.3) is 0 Å². The highest BCUT2D eigenvalue weighted by atomic mass is 16.5. The van der Waals surface area contributed by atoms with Crippen LogP contribution in [0.15, 0.2) is 0 Å². The highest BCUT2D eigenvalue weighted by Crippen LogP contribution is 2.33. The summed E-state index contributed by atoms with van der Waals surface area (Å²) in [6.07, 6.45) is 5.40. The lowest BCUT2D eigenvalue weighted by Crippen LogP contribution is -2.48. The molecule has 0 spiro atoms. The number of carbonyl (C=O) groups is 1. The zero-order valence-corrected chi connectivity index (χ0v) is 14.4. The second-order valence-electron chi connectivity index (χ2n) is 6.83.